The van der Waals surface area contributed by atoms with Gasteiger partial charge in [-0.25, -0.2) is 0 Å². The van der Waals surface area contributed by atoms with Gasteiger partial charge in [-0.15, -0.1) is 0 Å². The van der Waals surface area contributed by atoms with Crippen LogP contribution >= 0.6 is 11.8 Å². The minimum atomic E-state index is 0.337. The summed E-state index contributed by atoms with van der Waals surface area (Å²) in [5.74, 6) is 2.78. The van der Waals surface area contributed by atoms with Gasteiger partial charge < -0.3 is 14.8 Å². The van der Waals surface area contributed by atoms with Crippen LogP contribution in [0.25, 0.3) is 0 Å². The predicted octanol–water partition coefficient (Wildman–Crippen LogP) is 3.69. The molecule has 0 saturated heterocycles. The van der Waals surface area contributed by atoms with Crippen molar-refractivity contribution in [3.63, 3.8) is 0 Å². The number of benzene rings is 1. The van der Waals surface area contributed by atoms with Crippen LogP contribution in [0.15, 0.2) is 6.07 Å². The molecule has 0 spiro atoms. The van der Waals surface area contributed by atoms with E-state index in [2.05, 4.69) is 32.2 Å². The first-order valence-electron chi connectivity index (χ1n) is 7.21. The SMILES string of the molecule is CCNC1CC(C)SCc2c(C)cc(OC)c(OC)c21. The molecule has 1 aromatic rings. The lowest BCUT2D eigenvalue weighted by atomic mass is 9.93. The number of fused-ring (bicyclic) bond motifs is 1. The first kappa shape index (κ1) is 15.5. The summed E-state index contributed by atoms with van der Waals surface area (Å²) < 4.78 is 11.2. The number of rotatable bonds is 4. The Morgan fingerprint density at radius 3 is 2.70 bits per heavy atom. The fourth-order valence-electron chi connectivity index (χ4n) is 2.93. The van der Waals surface area contributed by atoms with Crippen LogP contribution in [-0.4, -0.2) is 26.0 Å². The molecule has 0 saturated carbocycles. The summed E-state index contributed by atoms with van der Waals surface area (Å²) in [5, 5.41) is 4.26. The fourth-order valence-corrected chi connectivity index (χ4v) is 4.09. The van der Waals surface area contributed by atoms with Gasteiger partial charge in [-0.1, -0.05) is 13.8 Å². The number of hydrogen-bond acceptors (Lipinski definition) is 4. The Kier molecular flexibility index (Phi) is 5.22. The quantitative estimate of drug-likeness (QED) is 0.917. The molecule has 2 unspecified atom stereocenters. The Morgan fingerprint density at radius 1 is 1.35 bits per heavy atom. The van der Waals surface area contributed by atoms with Gasteiger partial charge in [0, 0.05) is 22.6 Å². The number of thioether (sulfide) groups is 1. The molecule has 2 atom stereocenters. The van der Waals surface area contributed by atoms with E-state index in [4.69, 9.17) is 9.47 Å². The van der Waals surface area contributed by atoms with E-state index in [1.54, 1.807) is 14.2 Å². The third kappa shape index (κ3) is 2.91. The maximum Gasteiger partial charge on any atom is 0.165 e. The molecule has 0 aliphatic carbocycles. The maximum atomic E-state index is 5.68. The molecule has 1 aliphatic rings. The molecule has 3 nitrogen and oxygen atoms in total. The number of aryl methyl sites for hydroxylation is 1. The van der Waals surface area contributed by atoms with Crippen LogP contribution < -0.4 is 14.8 Å². The Bertz CT molecular complexity index is 476. The van der Waals surface area contributed by atoms with E-state index in [1.165, 1.54) is 16.7 Å². The zero-order chi connectivity index (χ0) is 14.7. The van der Waals surface area contributed by atoms with E-state index < -0.39 is 0 Å². The Hall–Kier alpha value is -0.870. The van der Waals surface area contributed by atoms with Crippen LogP contribution in [0.4, 0.5) is 0 Å². The van der Waals surface area contributed by atoms with Gasteiger partial charge >= 0.3 is 0 Å². The molecule has 2 rings (SSSR count). The Morgan fingerprint density at radius 2 is 2.10 bits per heavy atom. The molecule has 4 heteroatoms. The molecule has 20 heavy (non-hydrogen) atoms. The first-order valence-corrected chi connectivity index (χ1v) is 8.26. The van der Waals surface area contributed by atoms with Crippen LogP contribution in [0.2, 0.25) is 0 Å². The Labute approximate surface area is 126 Å². The molecule has 0 amide bonds. The van der Waals surface area contributed by atoms with Gasteiger partial charge in [-0.3, -0.25) is 0 Å². The first-order chi connectivity index (χ1) is 9.62. The number of methoxy groups -OCH3 is 2. The van der Waals surface area contributed by atoms with Crippen molar-refractivity contribution in [1.29, 1.82) is 0 Å². The lowest BCUT2D eigenvalue weighted by molar-refractivity contribution is 0.344. The van der Waals surface area contributed by atoms with Crippen molar-refractivity contribution in [3.05, 3.63) is 22.8 Å². The van der Waals surface area contributed by atoms with Crippen LogP contribution in [0.1, 0.15) is 43.0 Å². The molecule has 1 aromatic carbocycles. The summed E-state index contributed by atoms with van der Waals surface area (Å²) >= 11 is 2.02. The molecule has 0 aromatic heterocycles. The second-order valence-corrected chi connectivity index (χ2v) is 6.72. The molecule has 1 heterocycles. The average Bonchev–Trinajstić information content (AvgIpc) is 2.59. The average molecular weight is 295 g/mol. The van der Waals surface area contributed by atoms with E-state index in [9.17, 15) is 0 Å². The van der Waals surface area contributed by atoms with Crippen LogP contribution in [-0.2, 0) is 5.75 Å². The summed E-state index contributed by atoms with van der Waals surface area (Å²) in [4.78, 5) is 0. The minimum absolute atomic E-state index is 0.337. The van der Waals surface area contributed by atoms with Crippen LogP contribution in [0.5, 0.6) is 11.5 Å². The van der Waals surface area contributed by atoms with Gasteiger partial charge in [0.2, 0.25) is 0 Å². The van der Waals surface area contributed by atoms with Crippen molar-refractivity contribution < 1.29 is 9.47 Å². The number of hydrogen-bond donors (Lipinski definition) is 1. The van der Waals surface area contributed by atoms with E-state index in [1.807, 2.05) is 11.8 Å². The molecule has 1 aliphatic heterocycles. The van der Waals surface area contributed by atoms with E-state index in [0.717, 1.165) is 30.2 Å². The highest BCUT2D eigenvalue weighted by Crippen LogP contribution is 2.45. The van der Waals surface area contributed by atoms with Gasteiger partial charge in [-0.2, -0.15) is 11.8 Å². The lowest BCUT2D eigenvalue weighted by Crippen LogP contribution is -2.24. The van der Waals surface area contributed by atoms with Crippen molar-refractivity contribution in [2.45, 2.75) is 44.2 Å². The topological polar surface area (TPSA) is 30.5 Å². The number of nitrogens with one attached hydrogen (secondary N) is 1. The number of ether oxygens (including phenoxy) is 2. The molecular formula is C16H25NO2S. The smallest absolute Gasteiger partial charge is 0.165 e. The molecule has 0 fully saturated rings. The fraction of sp³-hybridized carbons (Fsp3) is 0.625. The third-order valence-corrected chi connectivity index (χ3v) is 5.14. The zero-order valence-corrected chi connectivity index (χ0v) is 13.9. The standard InChI is InChI=1S/C16H25NO2S/c1-6-17-13-8-11(3)20-9-12-10(2)7-14(18-4)16(19-5)15(12)13/h7,11,13,17H,6,8-9H2,1-5H3. The lowest BCUT2D eigenvalue weighted by Gasteiger charge is -2.24. The molecule has 0 radical (unpaired) electrons. The van der Waals surface area contributed by atoms with Crippen molar-refractivity contribution >= 4 is 11.8 Å². The second kappa shape index (κ2) is 6.72. The summed E-state index contributed by atoms with van der Waals surface area (Å²) in [5.41, 5.74) is 3.99. The highest BCUT2D eigenvalue weighted by molar-refractivity contribution is 7.99. The summed E-state index contributed by atoms with van der Waals surface area (Å²) in [7, 11) is 3.44. The van der Waals surface area contributed by atoms with Gasteiger partial charge in [-0.05, 0) is 37.1 Å². The molecule has 112 valence electrons. The second-order valence-electron chi connectivity index (χ2n) is 5.29. The van der Waals surface area contributed by atoms with Crippen molar-refractivity contribution in [2.75, 3.05) is 20.8 Å². The maximum absolute atomic E-state index is 5.68. The van der Waals surface area contributed by atoms with Crippen molar-refractivity contribution in [2.24, 2.45) is 0 Å². The highest BCUT2D eigenvalue weighted by Gasteiger charge is 2.28. The predicted molar refractivity (Wildman–Crippen MR) is 86.1 cm³/mol. The van der Waals surface area contributed by atoms with Gasteiger partial charge in [0.1, 0.15) is 0 Å². The van der Waals surface area contributed by atoms with Crippen molar-refractivity contribution in [1.82, 2.24) is 5.32 Å². The third-order valence-electron chi connectivity index (χ3n) is 3.92. The monoisotopic (exact) mass is 295 g/mol. The molecule has 1 N–H and O–H groups in total. The summed E-state index contributed by atoms with van der Waals surface area (Å²) in [6.07, 6.45) is 1.12. The Balaban J connectivity index is 2.60. The van der Waals surface area contributed by atoms with E-state index in [0.29, 0.717) is 11.3 Å². The van der Waals surface area contributed by atoms with E-state index >= 15 is 0 Å². The molecule has 0 bridgehead atoms. The van der Waals surface area contributed by atoms with Crippen molar-refractivity contribution in [3.8, 4) is 11.5 Å². The zero-order valence-electron chi connectivity index (χ0n) is 13.1. The summed E-state index contributed by atoms with van der Waals surface area (Å²) in [6.45, 7) is 7.59. The van der Waals surface area contributed by atoms with Gasteiger partial charge in [0.05, 0.1) is 14.2 Å². The molecular weight excluding hydrogens is 270 g/mol. The normalized spacial score (nSPS) is 22.1. The van der Waals surface area contributed by atoms with Crippen LogP contribution in [0, 0.1) is 6.92 Å². The van der Waals surface area contributed by atoms with Gasteiger partial charge in [0.15, 0.2) is 11.5 Å². The van der Waals surface area contributed by atoms with Gasteiger partial charge in [0.25, 0.3) is 0 Å². The minimum Gasteiger partial charge on any atom is -0.493 e. The largest absolute Gasteiger partial charge is 0.493 e. The van der Waals surface area contributed by atoms with Crippen LogP contribution in [0.3, 0.4) is 0 Å². The van der Waals surface area contributed by atoms with E-state index in [-0.39, 0.29) is 0 Å². The highest BCUT2D eigenvalue weighted by atomic mass is 32.2. The summed E-state index contributed by atoms with van der Waals surface area (Å²) in [6, 6.07) is 2.43.